The number of rotatable bonds is 5. The fraction of sp³-hybridized carbons (Fsp3) is 0.188. The standard InChI is InChI=1S/C16H16N4O3S2/c1-10-7-14-15(8-11(10)2)24-16(18-14)20-19-13-5-3-12(4-6-13)17-9-25(21,22)23/h3-8,17H,9H2,1-2H3,(H,21,22,23)/b20-19+. The second kappa shape index (κ2) is 6.87. The lowest BCUT2D eigenvalue weighted by atomic mass is 10.1. The first kappa shape index (κ1) is 17.5. The number of azo groups is 1. The van der Waals surface area contributed by atoms with Crippen LogP contribution in [0.5, 0.6) is 0 Å². The SMILES string of the molecule is Cc1cc2nc(/N=N/c3ccc(NCS(=O)(=O)O)cc3)sc2cc1C. The van der Waals surface area contributed by atoms with Crippen LogP contribution in [0.2, 0.25) is 0 Å². The number of aromatic nitrogens is 1. The fourth-order valence-electron chi connectivity index (χ4n) is 2.13. The van der Waals surface area contributed by atoms with Crippen LogP contribution in [0.15, 0.2) is 46.6 Å². The lowest BCUT2D eigenvalue weighted by Crippen LogP contribution is -2.12. The topological polar surface area (TPSA) is 104 Å². The Hall–Kier alpha value is -2.36. The summed E-state index contributed by atoms with van der Waals surface area (Å²) in [6.45, 7) is 4.11. The number of thiazole rings is 1. The number of nitrogens with zero attached hydrogens (tertiary/aromatic N) is 3. The van der Waals surface area contributed by atoms with Crippen molar-refractivity contribution in [2.24, 2.45) is 10.2 Å². The molecular formula is C16H16N4O3S2. The molecule has 3 aromatic rings. The van der Waals surface area contributed by atoms with Gasteiger partial charge in [-0.2, -0.15) is 8.42 Å². The maximum Gasteiger partial charge on any atom is 0.283 e. The maximum absolute atomic E-state index is 10.7. The van der Waals surface area contributed by atoms with Crippen LogP contribution in [0.1, 0.15) is 11.1 Å². The highest BCUT2D eigenvalue weighted by Crippen LogP contribution is 2.31. The van der Waals surface area contributed by atoms with E-state index in [-0.39, 0.29) is 0 Å². The summed E-state index contributed by atoms with van der Waals surface area (Å²) < 4.78 is 31.2. The van der Waals surface area contributed by atoms with Crippen molar-refractivity contribution in [2.45, 2.75) is 13.8 Å². The van der Waals surface area contributed by atoms with E-state index in [9.17, 15) is 8.42 Å². The van der Waals surface area contributed by atoms with Crippen molar-refractivity contribution in [3.8, 4) is 0 Å². The van der Waals surface area contributed by atoms with Crippen molar-refractivity contribution in [3.05, 3.63) is 47.5 Å². The second-order valence-corrected chi connectivity index (χ2v) is 8.01. The van der Waals surface area contributed by atoms with Crippen molar-refractivity contribution in [1.82, 2.24) is 4.98 Å². The number of benzene rings is 2. The predicted octanol–water partition coefficient (Wildman–Crippen LogP) is 4.59. The number of anilines is 1. The van der Waals surface area contributed by atoms with Gasteiger partial charge < -0.3 is 5.32 Å². The molecule has 2 aromatic carbocycles. The molecule has 0 spiro atoms. The molecule has 9 heteroatoms. The zero-order chi connectivity index (χ0) is 18.0. The molecule has 1 heterocycles. The Morgan fingerprint density at radius 2 is 1.80 bits per heavy atom. The van der Waals surface area contributed by atoms with Crippen molar-refractivity contribution in [3.63, 3.8) is 0 Å². The molecule has 0 fully saturated rings. The van der Waals surface area contributed by atoms with Crippen molar-refractivity contribution in [1.29, 1.82) is 0 Å². The minimum absolute atomic E-state index is 0.543. The van der Waals surface area contributed by atoms with E-state index in [2.05, 4.69) is 33.5 Å². The largest absolute Gasteiger partial charge is 0.370 e. The van der Waals surface area contributed by atoms with Gasteiger partial charge in [0.1, 0.15) is 5.88 Å². The van der Waals surface area contributed by atoms with Crippen LogP contribution in [-0.4, -0.2) is 23.8 Å². The van der Waals surface area contributed by atoms with Crippen LogP contribution in [-0.2, 0) is 10.1 Å². The Morgan fingerprint density at radius 3 is 2.48 bits per heavy atom. The lowest BCUT2D eigenvalue weighted by Gasteiger charge is -2.03. The van der Waals surface area contributed by atoms with E-state index in [0.29, 0.717) is 16.5 Å². The van der Waals surface area contributed by atoms with Gasteiger partial charge in [0.15, 0.2) is 0 Å². The molecule has 0 bridgehead atoms. The molecule has 0 aliphatic carbocycles. The number of nitrogens with one attached hydrogen (secondary N) is 1. The van der Waals surface area contributed by atoms with Crippen LogP contribution in [0.25, 0.3) is 10.2 Å². The summed E-state index contributed by atoms with van der Waals surface area (Å²) in [6, 6.07) is 10.8. The van der Waals surface area contributed by atoms with Gasteiger partial charge in [-0.3, -0.25) is 4.55 Å². The number of aryl methyl sites for hydroxylation is 2. The van der Waals surface area contributed by atoms with Crippen molar-refractivity contribution >= 4 is 48.2 Å². The smallest absolute Gasteiger partial charge is 0.283 e. The molecule has 3 rings (SSSR count). The maximum atomic E-state index is 10.7. The van der Waals surface area contributed by atoms with Crippen molar-refractivity contribution in [2.75, 3.05) is 11.2 Å². The third-order valence-corrected chi connectivity index (χ3v) is 4.98. The molecule has 0 aliphatic rings. The monoisotopic (exact) mass is 376 g/mol. The van der Waals surface area contributed by atoms with Gasteiger partial charge in [0.05, 0.1) is 15.9 Å². The minimum atomic E-state index is -4.06. The Bertz CT molecular complexity index is 1000. The van der Waals surface area contributed by atoms with Crippen LogP contribution >= 0.6 is 11.3 Å². The van der Waals surface area contributed by atoms with Crippen LogP contribution in [0, 0.1) is 13.8 Å². The lowest BCUT2D eigenvalue weighted by molar-refractivity contribution is 0.485. The summed E-state index contributed by atoms with van der Waals surface area (Å²) >= 11 is 1.48. The summed E-state index contributed by atoms with van der Waals surface area (Å²) in [5.41, 5.74) is 4.49. The Balaban J connectivity index is 1.73. The molecule has 130 valence electrons. The van der Waals surface area contributed by atoms with Gasteiger partial charge in [-0.05, 0) is 61.4 Å². The summed E-state index contributed by atoms with van der Waals surface area (Å²) in [6.07, 6.45) is 0. The highest BCUT2D eigenvalue weighted by molar-refractivity contribution is 7.85. The van der Waals surface area contributed by atoms with E-state index in [1.807, 2.05) is 13.0 Å². The molecule has 2 N–H and O–H groups in total. The second-order valence-electron chi connectivity index (χ2n) is 5.55. The van der Waals surface area contributed by atoms with E-state index >= 15 is 0 Å². The summed E-state index contributed by atoms with van der Waals surface area (Å²) in [5, 5.41) is 11.5. The molecule has 0 atom stereocenters. The molecule has 0 unspecified atom stereocenters. The average molecular weight is 376 g/mol. The first-order valence-electron chi connectivity index (χ1n) is 7.39. The van der Waals surface area contributed by atoms with Gasteiger partial charge in [-0.25, -0.2) is 4.98 Å². The van der Waals surface area contributed by atoms with Crippen LogP contribution < -0.4 is 5.32 Å². The Labute approximate surface area is 149 Å². The van der Waals surface area contributed by atoms with E-state index in [0.717, 1.165) is 10.2 Å². The molecular weight excluding hydrogens is 360 g/mol. The van der Waals surface area contributed by atoms with Crippen LogP contribution in [0.3, 0.4) is 0 Å². The molecule has 25 heavy (non-hydrogen) atoms. The third-order valence-electron chi connectivity index (χ3n) is 3.57. The predicted molar refractivity (Wildman–Crippen MR) is 99.8 cm³/mol. The zero-order valence-electron chi connectivity index (χ0n) is 13.6. The molecule has 0 aliphatic heterocycles. The highest BCUT2D eigenvalue weighted by atomic mass is 32.2. The van der Waals surface area contributed by atoms with E-state index in [4.69, 9.17) is 4.55 Å². The molecule has 0 saturated heterocycles. The van der Waals surface area contributed by atoms with Crippen LogP contribution in [0.4, 0.5) is 16.5 Å². The summed E-state index contributed by atoms with van der Waals surface area (Å²) in [7, 11) is -4.06. The molecule has 7 nitrogen and oxygen atoms in total. The van der Waals surface area contributed by atoms with E-state index in [1.54, 1.807) is 24.3 Å². The minimum Gasteiger partial charge on any atom is -0.370 e. The third kappa shape index (κ3) is 4.59. The number of hydrogen-bond donors (Lipinski definition) is 2. The van der Waals surface area contributed by atoms with Crippen molar-refractivity contribution < 1.29 is 13.0 Å². The van der Waals surface area contributed by atoms with Gasteiger partial charge in [0.25, 0.3) is 10.1 Å². The quantitative estimate of drug-likeness (QED) is 0.501. The average Bonchev–Trinajstić information content (AvgIpc) is 2.93. The van der Waals surface area contributed by atoms with Gasteiger partial charge in [0.2, 0.25) is 5.13 Å². The summed E-state index contributed by atoms with van der Waals surface area (Å²) in [5.74, 6) is -0.543. The normalized spacial score (nSPS) is 12.1. The molecule has 0 saturated carbocycles. The Kier molecular flexibility index (Phi) is 4.80. The number of hydrogen-bond acceptors (Lipinski definition) is 7. The van der Waals surface area contributed by atoms with Gasteiger partial charge in [-0.1, -0.05) is 11.3 Å². The zero-order valence-corrected chi connectivity index (χ0v) is 15.2. The fourth-order valence-corrected chi connectivity index (χ4v) is 3.35. The number of fused-ring (bicyclic) bond motifs is 1. The first-order chi connectivity index (χ1) is 11.8. The molecule has 0 amide bonds. The van der Waals surface area contributed by atoms with Gasteiger partial charge >= 0.3 is 0 Å². The van der Waals surface area contributed by atoms with E-state index in [1.165, 1.54) is 22.5 Å². The Morgan fingerprint density at radius 1 is 1.12 bits per heavy atom. The van der Waals surface area contributed by atoms with Gasteiger partial charge in [0, 0.05) is 5.69 Å². The van der Waals surface area contributed by atoms with Gasteiger partial charge in [-0.15, -0.1) is 10.2 Å². The first-order valence-corrected chi connectivity index (χ1v) is 9.81. The highest BCUT2D eigenvalue weighted by Gasteiger charge is 2.06. The summed E-state index contributed by atoms with van der Waals surface area (Å²) in [4.78, 5) is 4.46. The van der Waals surface area contributed by atoms with E-state index < -0.39 is 16.0 Å². The molecule has 1 aromatic heterocycles. The molecule has 0 radical (unpaired) electrons.